The van der Waals surface area contributed by atoms with Gasteiger partial charge in [0.2, 0.25) is 0 Å². The van der Waals surface area contributed by atoms with E-state index in [2.05, 4.69) is 15.5 Å². The number of hydrogen-bond acceptors (Lipinski definition) is 3. The predicted octanol–water partition coefficient (Wildman–Crippen LogP) is 2.62. The van der Waals surface area contributed by atoms with Crippen LogP contribution in [-0.4, -0.2) is 49.8 Å². The van der Waals surface area contributed by atoms with Gasteiger partial charge in [0.1, 0.15) is 0 Å². The first-order chi connectivity index (χ1) is 11.2. The van der Waals surface area contributed by atoms with Gasteiger partial charge < -0.3 is 15.4 Å². The van der Waals surface area contributed by atoms with Gasteiger partial charge in [-0.15, -0.1) is 0 Å². The summed E-state index contributed by atoms with van der Waals surface area (Å²) >= 11 is 0. The van der Waals surface area contributed by atoms with Crippen LogP contribution in [0.3, 0.4) is 0 Å². The molecule has 0 radical (unpaired) electrons. The highest BCUT2D eigenvalue weighted by Gasteiger charge is 2.27. The van der Waals surface area contributed by atoms with Crippen LogP contribution < -0.4 is 10.6 Å². The lowest BCUT2D eigenvalue weighted by Crippen LogP contribution is -2.44. The highest BCUT2D eigenvalue weighted by atomic mass is 16.5. The highest BCUT2D eigenvalue weighted by Crippen LogP contribution is 2.22. The van der Waals surface area contributed by atoms with Crippen LogP contribution in [0.2, 0.25) is 0 Å². The second kappa shape index (κ2) is 7.79. The Morgan fingerprint density at radius 1 is 1.26 bits per heavy atom. The third kappa shape index (κ3) is 4.45. The SMILES string of the molecule is Cc1ccccc1NC(=O)NCC1CCN(C2CCOC2)CC1. The number of anilines is 1. The van der Waals surface area contributed by atoms with Gasteiger partial charge >= 0.3 is 6.03 Å². The van der Waals surface area contributed by atoms with E-state index < -0.39 is 0 Å². The first-order valence-electron chi connectivity index (χ1n) is 8.64. The maximum Gasteiger partial charge on any atom is 0.319 e. The minimum atomic E-state index is -0.106. The number of nitrogens with zero attached hydrogens (tertiary/aromatic N) is 1. The quantitative estimate of drug-likeness (QED) is 0.897. The fourth-order valence-corrected chi connectivity index (χ4v) is 3.45. The molecule has 1 unspecified atom stereocenters. The Bertz CT molecular complexity index is 521. The monoisotopic (exact) mass is 317 g/mol. The van der Waals surface area contributed by atoms with E-state index in [1.54, 1.807) is 0 Å². The standard InChI is InChI=1S/C18H27N3O2/c1-14-4-2-3-5-17(14)20-18(22)19-12-15-6-9-21(10-7-15)16-8-11-23-13-16/h2-5,15-16H,6-13H2,1H3,(H2,19,20,22). The fraction of sp³-hybridized carbons (Fsp3) is 0.611. The summed E-state index contributed by atoms with van der Waals surface area (Å²) in [6, 6.07) is 8.35. The second-order valence-electron chi connectivity index (χ2n) is 6.65. The van der Waals surface area contributed by atoms with Crippen LogP contribution in [0.5, 0.6) is 0 Å². The van der Waals surface area contributed by atoms with Crippen LogP contribution in [0.1, 0.15) is 24.8 Å². The molecule has 0 saturated carbocycles. The molecular formula is C18H27N3O2. The van der Waals surface area contributed by atoms with Crippen molar-refractivity contribution in [2.45, 2.75) is 32.2 Å². The third-order valence-electron chi connectivity index (χ3n) is 5.02. The van der Waals surface area contributed by atoms with Crippen molar-refractivity contribution in [3.63, 3.8) is 0 Å². The molecule has 0 aromatic heterocycles. The van der Waals surface area contributed by atoms with Gasteiger partial charge in [0.25, 0.3) is 0 Å². The number of carbonyl (C=O) groups excluding carboxylic acids is 1. The number of urea groups is 1. The Hall–Kier alpha value is -1.59. The topological polar surface area (TPSA) is 53.6 Å². The summed E-state index contributed by atoms with van der Waals surface area (Å²) in [6.45, 7) is 6.80. The van der Waals surface area contributed by atoms with Crippen LogP contribution in [-0.2, 0) is 4.74 Å². The van der Waals surface area contributed by atoms with Crippen molar-refractivity contribution in [3.05, 3.63) is 29.8 Å². The Kier molecular flexibility index (Phi) is 5.51. The zero-order valence-electron chi connectivity index (χ0n) is 13.9. The molecule has 126 valence electrons. The second-order valence-corrected chi connectivity index (χ2v) is 6.65. The van der Waals surface area contributed by atoms with E-state index in [-0.39, 0.29) is 6.03 Å². The number of ether oxygens (including phenoxy) is 1. The van der Waals surface area contributed by atoms with Crippen LogP contribution >= 0.6 is 0 Å². The molecule has 0 bridgehead atoms. The number of amides is 2. The van der Waals surface area contributed by atoms with Gasteiger partial charge in [-0.05, 0) is 56.8 Å². The summed E-state index contributed by atoms with van der Waals surface area (Å²) in [6.07, 6.45) is 3.48. The minimum Gasteiger partial charge on any atom is -0.380 e. The summed E-state index contributed by atoms with van der Waals surface area (Å²) in [4.78, 5) is 14.6. The van der Waals surface area contributed by atoms with Gasteiger partial charge in [-0.25, -0.2) is 4.79 Å². The third-order valence-corrected chi connectivity index (χ3v) is 5.02. The molecule has 2 N–H and O–H groups in total. The lowest BCUT2D eigenvalue weighted by atomic mass is 9.95. The first kappa shape index (κ1) is 16.3. The van der Waals surface area contributed by atoms with Gasteiger partial charge in [-0.2, -0.15) is 0 Å². The van der Waals surface area contributed by atoms with Gasteiger partial charge in [0.15, 0.2) is 0 Å². The minimum absolute atomic E-state index is 0.106. The summed E-state index contributed by atoms with van der Waals surface area (Å²) in [5, 5.41) is 5.95. The molecule has 1 atom stereocenters. The number of carbonyl (C=O) groups is 1. The maximum atomic E-state index is 12.0. The fourth-order valence-electron chi connectivity index (χ4n) is 3.45. The molecule has 1 aromatic rings. The smallest absolute Gasteiger partial charge is 0.319 e. The molecule has 2 saturated heterocycles. The zero-order chi connectivity index (χ0) is 16.1. The summed E-state index contributed by atoms with van der Waals surface area (Å²) < 4.78 is 5.48. The van der Waals surface area contributed by atoms with E-state index in [1.807, 2.05) is 31.2 Å². The number of aryl methyl sites for hydroxylation is 1. The molecular weight excluding hydrogens is 290 g/mol. The zero-order valence-corrected chi connectivity index (χ0v) is 13.9. The van der Waals surface area contributed by atoms with Crippen LogP contribution in [0.4, 0.5) is 10.5 Å². The Labute approximate surface area is 138 Å². The maximum absolute atomic E-state index is 12.0. The van der Waals surface area contributed by atoms with Crippen LogP contribution in [0, 0.1) is 12.8 Å². The molecule has 2 fully saturated rings. The van der Waals surface area contributed by atoms with Gasteiger partial charge in [0.05, 0.1) is 6.61 Å². The van der Waals surface area contributed by atoms with E-state index in [1.165, 1.54) is 6.42 Å². The van der Waals surface area contributed by atoms with E-state index >= 15 is 0 Å². The highest BCUT2D eigenvalue weighted by molar-refractivity contribution is 5.89. The van der Waals surface area contributed by atoms with E-state index in [4.69, 9.17) is 4.74 Å². The number of nitrogens with one attached hydrogen (secondary N) is 2. The first-order valence-corrected chi connectivity index (χ1v) is 8.64. The Morgan fingerprint density at radius 3 is 2.74 bits per heavy atom. The molecule has 2 aliphatic heterocycles. The average molecular weight is 317 g/mol. The molecule has 2 aliphatic rings. The largest absolute Gasteiger partial charge is 0.380 e. The van der Waals surface area contributed by atoms with Crippen LogP contribution in [0.25, 0.3) is 0 Å². The number of piperidine rings is 1. The Balaban J connectivity index is 1.38. The van der Waals surface area contributed by atoms with Crippen molar-refractivity contribution in [2.75, 3.05) is 38.2 Å². The molecule has 23 heavy (non-hydrogen) atoms. The Morgan fingerprint density at radius 2 is 2.04 bits per heavy atom. The molecule has 0 spiro atoms. The number of likely N-dealkylation sites (tertiary alicyclic amines) is 1. The normalized spacial score (nSPS) is 22.9. The van der Waals surface area contributed by atoms with Crippen molar-refractivity contribution >= 4 is 11.7 Å². The van der Waals surface area contributed by atoms with Crippen molar-refractivity contribution in [1.82, 2.24) is 10.2 Å². The molecule has 1 aromatic carbocycles. The molecule has 2 heterocycles. The number of para-hydroxylation sites is 1. The lowest BCUT2D eigenvalue weighted by molar-refractivity contribution is 0.110. The van der Waals surface area contributed by atoms with E-state index in [9.17, 15) is 4.79 Å². The summed E-state index contributed by atoms with van der Waals surface area (Å²) in [5.41, 5.74) is 1.95. The number of hydrogen-bond donors (Lipinski definition) is 2. The number of benzene rings is 1. The lowest BCUT2D eigenvalue weighted by Gasteiger charge is -2.35. The molecule has 3 rings (SSSR count). The van der Waals surface area contributed by atoms with E-state index in [0.29, 0.717) is 12.0 Å². The van der Waals surface area contributed by atoms with Gasteiger partial charge in [-0.3, -0.25) is 4.90 Å². The van der Waals surface area contributed by atoms with Crippen molar-refractivity contribution in [1.29, 1.82) is 0 Å². The van der Waals surface area contributed by atoms with Crippen LogP contribution in [0.15, 0.2) is 24.3 Å². The summed E-state index contributed by atoms with van der Waals surface area (Å²) in [5.74, 6) is 0.580. The van der Waals surface area contributed by atoms with Gasteiger partial charge in [0, 0.05) is 24.9 Å². The van der Waals surface area contributed by atoms with Crippen molar-refractivity contribution in [2.24, 2.45) is 5.92 Å². The molecule has 5 heteroatoms. The van der Waals surface area contributed by atoms with Gasteiger partial charge in [-0.1, -0.05) is 18.2 Å². The average Bonchev–Trinajstić information content (AvgIpc) is 3.10. The van der Waals surface area contributed by atoms with E-state index in [0.717, 1.165) is 56.9 Å². The summed E-state index contributed by atoms with van der Waals surface area (Å²) in [7, 11) is 0. The molecule has 2 amide bonds. The molecule has 5 nitrogen and oxygen atoms in total. The van der Waals surface area contributed by atoms with Crippen molar-refractivity contribution in [3.8, 4) is 0 Å². The number of rotatable bonds is 4. The molecule has 0 aliphatic carbocycles. The van der Waals surface area contributed by atoms with Crippen molar-refractivity contribution < 1.29 is 9.53 Å². The predicted molar refractivity (Wildman–Crippen MR) is 91.7 cm³/mol.